The van der Waals surface area contributed by atoms with Crippen molar-refractivity contribution in [1.29, 1.82) is 0 Å². The van der Waals surface area contributed by atoms with Gasteiger partial charge in [-0.05, 0) is 57.4 Å². The van der Waals surface area contributed by atoms with Crippen LogP contribution in [-0.2, 0) is 0 Å². The Morgan fingerprint density at radius 2 is 1.95 bits per heavy atom. The van der Waals surface area contributed by atoms with Crippen molar-refractivity contribution in [2.75, 3.05) is 43.4 Å². The summed E-state index contributed by atoms with van der Waals surface area (Å²) >= 11 is 0. The van der Waals surface area contributed by atoms with Gasteiger partial charge in [-0.3, -0.25) is 4.90 Å². The Morgan fingerprint density at radius 3 is 2.78 bits per heavy atom. The summed E-state index contributed by atoms with van der Waals surface area (Å²) in [5.41, 5.74) is 9.25. The normalized spacial score (nSPS) is 27.8. The number of nitrogens with two attached hydrogens (primary N) is 1. The van der Waals surface area contributed by atoms with E-state index in [0.717, 1.165) is 62.4 Å². The molecule has 0 radical (unpaired) electrons. The van der Waals surface area contributed by atoms with Gasteiger partial charge in [0.1, 0.15) is 23.8 Å². The summed E-state index contributed by atoms with van der Waals surface area (Å²) in [6, 6.07) is 5.72. The molecule has 8 rings (SSSR count). The molecule has 7 heterocycles. The molecule has 4 fully saturated rings. The number of piperazine rings is 1. The lowest BCUT2D eigenvalue weighted by atomic mass is 9.95. The quantitative estimate of drug-likeness (QED) is 0.372. The van der Waals surface area contributed by atoms with Crippen LogP contribution in [0.3, 0.4) is 0 Å². The summed E-state index contributed by atoms with van der Waals surface area (Å²) in [5.74, 6) is 0.232. The maximum Gasteiger partial charge on any atom is 0.319 e. The third kappa shape index (κ3) is 3.94. The van der Waals surface area contributed by atoms with Crippen LogP contribution in [0.4, 0.5) is 20.6 Å². The molecule has 4 aliphatic heterocycles. The van der Waals surface area contributed by atoms with Gasteiger partial charge in [-0.1, -0.05) is 0 Å². The van der Waals surface area contributed by atoms with Crippen LogP contribution in [0.1, 0.15) is 37.8 Å². The molecule has 4 aliphatic rings. The van der Waals surface area contributed by atoms with Gasteiger partial charge in [-0.2, -0.15) is 15.0 Å². The molecule has 214 valence electrons. The van der Waals surface area contributed by atoms with E-state index in [0.29, 0.717) is 53.8 Å². The van der Waals surface area contributed by atoms with E-state index < -0.39 is 12.0 Å². The number of aromatic nitrogens is 4. The van der Waals surface area contributed by atoms with Crippen molar-refractivity contribution in [2.45, 2.75) is 62.8 Å². The summed E-state index contributed by atoms with van der Waals surface area (Å²) < 4.78 is 40.6. The third-order valence-corrected chi connectivity index (χ3v) is 9.48. The molecule has 0 amide bonds. The van der Waals surface area contributed by atoms with Crippen LogP contribution in [0.25, 0.3) is 33.3 Å². The molecular formula is C29H32F2N8O2. The zero-order chi connectivity index (χ0) is 27.9. The average molecular weight is 563 g/mol. The molecule has 12 heteroatoms. The number of benzene rings is 1. The molecule has 1 aromatic carbocycles. The number of rotatable bonds is 5. The number of nitrogen functional groups attached to an aromatic ring is 1. The molecule has 4 aromatic rings. The standard InChI is InChI=1S/C29H32F2N8O2/c1-15-20(19-5-6-21(31)25-23(19)36-27(32)41-25)9-22-24(34-15)26(39-17-3-4-18(39)12-33-11-17)37-28(35-22)40-14-29-7-2-8-38(29)13-16(30)10-29/h5-6,9,16-18,33H,2-4,7-8,10-14H2,1H3,(H2,32,36)/t16-,17?,18?,29?/m1/s1. The van der Waals surface area contributed by atoms with Crippen molar-refractivity contribution >= 4 is 34.0 Å². The summed E-state index contributed by atoms with van der Waals surface area (Å²) in [6.45, 7) is 5.37. The fourth-order valence-electron chi connectivity index (χ4n) is 7.61. The SMILES string of the molecule is Cc1nc2c(N3C4CCC3CNC4)nc(OCC34CCCN3C[C@H](F)C4)nc2cc1-c1ccc(F)c2oc(N)nc12. The van der Waals surface area contributed by atoms with Gasteiger partial charge in [0.25, 0.3) is 6.01 Å². The van der Waals surface area contributed by atoms with E-state index in [-0.39, 0.29) is 23.1 Å². The number of nitrogens with one attached hydrogen (secondary N) is 1. The minimum atomic E-state index is -0.837. The topological polar surface area (TPSA) is 118 Å². The van der Waals surface area contributed by atoms with E-state index >= 15 is 0 Å². The number of anilines is 2. The van der Waals surface area contributed by atoms with E-state index in [1.165, 1.54) is 6.07 Å². The van der Waals surface area contributed by atoms with E-state index in [1.54, 1.807) is 6.07 Å². The minimum absolute atomic E-state index is 0.00684. The third-order valence-electron chi connectivity index (χ3n) is 9.48. The molecular weight excluding hydrogens is 530 g/mol. The number of nitrogens with zero attached hydrogens (tertiary/aromatic N) is 6. The highest BCUT2D eigenvalue weighted by molar-refractivity contribution is 5.96. The predicted octanol–water partition coefficient (Wildman–Crippen LogP) is 3.76. The number of hydrogen-bond donors (Lipinski definition) is 2. The first kappa shape index (κ1) is 25.1. The van der Waals surface area contributed by atoms with Gasteiger partial charge in [-0.15, -0.1) is 0 Å². The Bertz CT molecular complexity index is 1660. The Morgan fingerprint density at radius 1 is 1.12 bits per heavy atom. The van der Waals surface area contributed by atoms with Crippen molar-refractivity contribution in [3.05, 3.63) is 29.7 Å². The zero-order valence-corrected chi connectivity index (χ0v) is 22.9. The van der Waals surface area contributed by atoms with Crippen LogP contribution in [0, 0.1) is 12.7 Å². The lowest BCUT2D eigenvalue weighted by molar-refractivity contribution is 0.107. The van der Waals surface area contributed by atoms with Gasteiger partial charge in [0.15, 0.2) is 17.2 Å². The van der Waals surface area contributed by atoms with Crippen LogP contribution in [-0.4, -0.2) is 81.4 Å². The fourth-order valence-corrected chi connectivity index (χ4v) is 7.61. The smallest absolute Gasteiger partial charge is 0.319 e. The first-order valence-corrected chi connectivity index (χ1v) is 14.4. The molecule has 0 aliphatic carbocycles. The summed E-state index contributed by atoms with van der Waals surface area (Å²) in [7, 11) is 0. The number of fused-ring (bicyclic) bond motifs is 5. The van der Waals surface area contributed by atoms with Crippen LogP contribution in [0.15, 0.2) is 22.6 Å². The van der Waals surface area contributed by atoms with Crippen LogP contribution in [0.2, 0.25) is 0 Å². The molecule has 2 bridgehead atoms. The van der Waals surface area contributed by atoms with Crippen LogP contribution >= 0.6 is 0 Å². The molecule has 4 saturated heterocycles. The average Bonchev–Trinajstić information content (AvgIpc) is 3.67. The van der Waals surface area contributed by atoms with Crippen molar-refractivity contribution in [2.24, 2.45) is 0 Å². The zero-order valence-electron chi connectivity index (χ0n) is 22.9. The number of aryl methyl sites for hydroxylation is 1. The molecule has 3 N–H and O–H groups in total. The Balaban J connectivity index is 1.25. The number of pyridine rings is 1. The number of ether oxygens (including phenoxy) is 1. The largest absolute Gasteiger partial charge is 0.461 e. The second-order valence-electron chi connectivity index (χ2n) is 12.0. The van der Waals surface area contributed by atoms with Crippen molar-refractivity contribution in [3.63, 3.8) is 0 Å². The Labute approximate surface area is 235 Å². The maximum atomic E-state index is 14.5. The summed E-state index contributed by atoms with van der Waals surface area (Å²) in [4.78, 5) is 23.7. The molecule has 0 saturated carbocycles. The first-order chi connectivity index (χ1) is 19.9. The lowest BCUT2D eigenvalue weighted by Gasteiger charge is -2.36. The molecule has 10 nitrogen and oxygen atoms in total. The minimum Gasteiger partial charge on any atom is -0.461 e. The van der Waals surface area contributed by atoms with Gasteiger partial charge in [-0.25, -0.2) is 13.8 Å². The fraction of sp³-hybridized carbons (Fsp3) is 0.517. The number of halogens is 2. The van der Waals surface area contributed by atoms with Gasteiger partial charge >= 0.3 is 6.01 Å². The Hall–Kier alpha value is -3.64. The maximum absolute atomic E-state index is 14.5. The van der Waals surface area contributed by atoms with E-state index in [2.05, 4.69) is 20.1 Å². The van der Waals surface area contributed by atoms with Gasteiger partial charge < -0.3 is 25.1 Å². The van der Waals surface area contributed by atoms with E-state index in [1.807, 2.05) is 13.0 Å². The van der Waals surface area contributed by atoms with Crippen molar-refractivity contribution < 1.29 is 17.9 Å². The number of oxazole rings is 1. The van der Waals surface area contributed by atoms with Crippen LogP contribution < -0.4 is 20.7 Å². The summed E-state index contributed by atoms with van der Waals surface area (Å²) in [5, 5.41) is 3.53. The highest BCUT2D eigenvalue weighted by Gasteiger charge is 2.49. The number of hydrogen-bond acceptors (Lipinski definition) is 10. The van der Waals surface area contributed by atoms with E-state index in [4.69, 9.17) is 29.8 Å². The van der Waals surface area contributed by atoms with E-state index in [9.17, 15) is 8.78 Å². The predicted molar refractivity (Wildman–Crippen MR) is 150 cm³/mol. The molecule has 3 aromatic heterocycles. The van der Waals surface area contributed by atoms with Gasteiger partial charge in [0.2, 0.25) is 0 Å². The highest BCUT2D eigenvalue weighted by Crippen LogP contribution is 2.42. The molecule has 3 unspecified atom stereocenters. The summed E-state index contributed by atoms with van der Waals surface area (Å²) in [6.07, 6.45) is 3.73. The first-order valence-electron chi connectivity index (χ1n) is 14.4. The van der Waals surface area contributed by atoms with Crippen LogP contribution in [0.5, 0.6) is 6.01 Å². The van der Waals surface area contributed by atoms with Gasteiger partial charge in [0, 0.05) is 55.0 Å². The van der Waals surface area contributed by atoms with Crippen molar-refractivity contribution in [1.82, 2.24) is 30.2 Å². The number of alkyl halides is 1. The molecule has 0 spiro atoms. The monoisotopic (exact) mass is 562 g/mol. The second kappa shape index (κ2) is 9.18. The molecule has 4 atom stereocenters. The second-order valence-corrected chi connectivity index (χ2v) is 12.0. The van der Waals surface area contributed by atoms with Crippen molar-refractivity contribution in [3.8, 4) is 17.1 Å². The highest BCUT2D eigenvalue weighted by atomic mass is 19.1. The van der Waals surface area contributed by atoms with Gasteiger partial charge in [0.05, 0.1) is 11.1 Å². The molecule has 41 heavy (non-hydrogen) atoms. The Kier molecular flexibility index (Phi) is 5.62. The lowest BCUT2D eigenvalue weighted by Crippen LogP contribution is -2.52.